The molecule has 4 rings (SSSR count). The summed E-state index contributed by atoms with van der Waals surface area (Å²) in [6.45, 7) is 2.69. The van der Waals surface area contributed by atoms with E-state index in [0.717, 1.165) is 32.0 Å². The molecule has 168 valence electrons. The highest BCUT2D eigenvalue weighted by Crippen LogP contribution is 2.41. The zero-order valence-corrected chi connectivity index (χ0v) is 17.7. The third kappa shape index (κ3) is 4.10. The number of benzene rings is 2. The van der Waals surface area contributed by atoms with E-state index in [2.05, 4.69) is 4.90 Å². The Bertz CT molecular complexity index is 1060. The van der Waals surface area contributed by atoms with Crippen molar-refractivity contribution in [3.8, 4) is 5.75 Å². The van der Waals surface area contributed by atoms with E-state index in [9.17, 15) is 23.5 Å². The molecule has 6 nitrogen and oxygen atoms in total. The molecule has 2 aliphatic rings. The van der Waals surface area contributed by atoms with Gasteiger partial charge < -0.3 is 19.6 Å². The Morgan fingerprint density at radius 2 is 1.69 bits per heavy atom. The van der Waals surface area contributed by atoms with E-state index in [1.807, 2.05) is 0 Å². The number of rotatable bonds is 6. The van der Waals surface area contributed by atoms with Gasteiger partial charge in [-0.25, -0.2) is 8.78 Å². The topological polar surface area (TPSA) is 70.1 Å². The summed E-state index contributed by atoms with van der Waals surface area (Å²) in [5, 5.41) is 11.1. The molecular formula is C24H24F2N2O4. The van der Waals surface area contributed by atoms with Crippen LogP contribution in [0, 0.1) is 11.6 Å². The second kappa shape index (κ2) is 9.08. The highest BCUT2D eigenvalue weighted by atomic mass is 19.1. The number of likely N-dealkylation sites (tertiary alicyclic amines) is 2. The fourth-order valence-electron chi connectivity index (χ4n) is 4.37. The third-order valence-corrected chi connectivity index (χ3v) is 6.00. The fourth-order valence-corrected chi connectivity index (χ4v) is 4.37. The molecule has 1 N–H and O–H groups in total. The van der Waals surface area contributed by atoms with Crippen molar-refractivity contribution in [3.05, 3.63) is 70.8 Å². The molecule has 0 aliphatic carbocycles. The van der Waals surface area contributed by atoms with Crippen molar-refractivity contribution in [1.29, 1.82) is 0 Å². The second-order valence-corrected chi connectivity index (χ2v) is 7.94. The van der Waals surface area contributed by atoms with Crippen molar-refractivity contribution < 1.29 is 28.2 Å². The Kier molecular flexibility index (Phi) is 6.23. The molecule has 0 bridgehead atoms. The van der Waals surface area contributed by atoms with Gasteiger partial charge in [-0.15, -0.1) is 0 Å². The molecule has 0 saturated carbocycles. The number of halogens is 2. The Morgan fingerprint density at radius 3 is 2.34 bits per heavy atom. The van der Waals surface area contributed by atoms with Gasteiger partial charge in [0.05, 0.1) is 24.3 Å². The van der Waals surface area contributed by atoms with Gasteiger partial charge in [0.25, 0.3) is 11.7 Å². The van der Waals surface area contributed by atoms with Crippen LogP contribution in [-0.4, -0.2) is 59.9 Å². The van der Waals surface area contributed by atoms with Gasteiger partial charge in [-0.3, -0.25) is 9.59 Å². The molecule has 32 heavy (non-hydrogen) atoms. The van der Waals surface area contributed by atoms with Crippen LogP contribution in [0.3, 0.4) is 0 Å². The Hall–Kier alpha value is -3.26. The number of nitrogens with zero attached hydrogens (tertiary/aromatic N) is 2. The summed E-state index contributed by atoms with van der Waals surface area (Å²) in [7, 11) is 1.36. The number of aliphatic hydroxyl groups is 1. The predicted molar refractivity (Wildman–Crippen MR) is 114 cm³/mol. The van der Waals surface area contributed by atoms with Crippen LogP contribution in [0.25, 0.3) is 5.76 Å². The number of Topliss-reactive ketones (excluding diaryl/α,β-unsaturated/α-hetero) is 1. The summed E-state index contributed by atoms with van der Waals surface area (Å²) in [4.78, 5) is 29.6. The van der Waals surface area contributed by atoms with Crippen LogP contribution in [0.5, 0.6) is 5.75 Å². The molecule has 2 aliphatic heterocycles. The van der Waals surface area contributed by atoms with Gasteiger partial charge in [-0.05, 0) is 61.8 Å². The number of hydrogen-bond acceptors (Lipinski definition) is 5. The summed E-state index contributed by atoms with van der Waals surface area (Å²) in [5.74, 6) is -3.09. The van der Waals surface area contributed by atoms with Crippen molar-refractivity contribution >= 4 is 17.4 Å². The lowest BCUT2D eigenvalue weighted by atomic mass is 9.95. The minimum Gasteiger partial charge on any atom is -0.507 e. The van der Waals surface area contributed by atoms with Gasteiger partial charge in [-0.1, -0.05) is 12.1 Å². The smallest absolute Gasteiger partial charge is 0.295 e. The number of ether oxygens (including phenoxy) is 1. The number of hydrogen-bond donors (Lipinski definition) is 1. The van der Waals surface area contributed by atoms with E-state index >= 15 is 0 Å². The normalized spacial score (nSPS) is 20.8. The van der Waals surface area contributed by atoms with Gasteiger partial charge in [0, 0.05) is 13.1 Å². The number of ketones is 1. The highest BCUT2D eigenvalue weighted by molar-refractivity contribution is 6.46. The van der Waals surface area contributed by atoms with Crippen LogP contribution >= 0.6 is 0 Å². The maximum absolute atomic E-state index is 13.9. The summed E-state index contributed by atoms with van der Waals surface area (Å²) in [6, 6.07) is 8.05. The predicted octanol–water partition coefficient (Wildman–Crippen LogP) is 3.49. The van der Waals surface area contributed by atoms with Crippen LogP contribution in [0.4, 0.5) is 8.78 Å². The zero-order valence-electron chi connectivity index (χ0n) is 17.7. The van der Waals surface area contributed by atoms with Crippen LogP contribution in [0.2, 0.25) is 0 Å². The molecular weight excluding hydrogens is 418 g/mol. The molecule has 1 atom stereocenters. The van der Waals surface area contributed by atoms with E-state index in [1.54, 1.807) is 0 Å². The average molecular weight is 442 g/mol. The lowest BCUT2D eigenvalue weighted by Crippen LogP contribution is -2.37. The first-order valence-electron chi connectivity index (χ1n) is 10.5. The van der Waals surface area contributed by atoms with Crippen molar-refractivity contribution in [1.82, 2.24) is 9.80 Å². The van der Waals surface area contributed by atoms with Gasteiger partial charge >= 0.3 is 0 Å². The molecule has 1 amide bonds. The van der Waals surface area contributed by atoms with Crippen LogP contribution < -0.4 is 4.74 Å². The molecule has 2 heterocycles. The lowest BCUT2D eigenvalue weighted by Gasteiger charge is -2.27. The quantitative estimate of drug-likeness (QED) is 0.421. The number of aliphatic hydroxyl groups excluding tert-OH is 1. The van der Waals surface area contributed by atoms with E-state index < -0.39 is 35.1 Å². The maximum Gasteiger partial charge on any atom is 0.295 e. The SMILES string of the molecule is COc1ccc(F)cc1/C(O)=C1\C(=O)C(=O)N(CCN2CCCC2)C1c1ccc(F)cc1. The second-order valence-electron chi connectivity index (χ2n) is 7.94. The molecule has 0 spiro atoms. The average Bonchev–Trinajstić information content (AvgIpc) is 3.39. The van der Waals surface area contributed by atoms with E-state index in [1.165, 1.54) is 48.4 Å². The number of amides is 1. The number of methoxy groups -OCH3 is 1. The first-order chi connectivity index (χ1) is 15.4. The zero-order chi connectivity index (χ0) is 22.8. The van der Waals surface area contributed by atoms with Gasteiger partial charge in [0.1, 0.15) is 23.1 Å². The fraction of sp³-hybridized carbons (Fsp3) is 0.333. The third-order valence-electron chi connectivity index (χ3n) is 6.00. The first kappa shape index (κ1) is 22.0. The standard InChI is InChI=1S/C24H24F2N2O4/c1-32-19-9-8-17(26)14-18(19)22(29)20-21(15-4-6-16(25)7-5-15)28(24(31)23(20)30)13-12-27-10-2-3-11-27/h4-9,14,21,29H,2-3,10-13H2,1H3/b22-20+. The summed E-state index contributed by atoms with van der Waals surface area (Å²) >= 11 is 0. The van der Waals surface area contributed by atoms with E-state index in [4.69, 9.17) is 4.74 Å². The molecule has 2 fully saturated rings. The van der Waals surface area contributed by atoms with Crippen LogP contribution in [0.15, 0.2) is 48.0 Å². The van der Waals surface area contributed by atoms with E-state index in [-0.39, 0.29) is 23.4 Å². The maximum atomic E-state index is 13.9. The summed E-state index contributed by atoms with van der Waals surface area (Å²) < 4.78 is 32.7. The van der Waals surface area contributed by atoms with Crippen LogP contribution in [-0.2, 0) is 9.59 Å². The largest absolute Gasteiger partial charge is 0.507 e. The molecule has 2 aromatic rings. The Morgan fingerprint density at radius 1 is 1.03 bits per heavy atom. The van der Waals surface area contributed by atoms with Gasteiger partial charge in [0.2, 0.25) is 0 Å². The number of carbonyl (C=O) groups excluding carboxylic acids is 2. The molecule has 8 heteroatoms. The number of carbonyl (C=O) groups is 2. The first-order valence-corrected chi connectivity index (χ1v) is 10.5. The van der Waals surface area contributed by atoms with Crippen molar-refractivity contribution in [2.75, 3.05) is 33.3 Å². The Balaban J connectivity index is 1.81. The van der Waals surface area contributed by atoms with Crippen molar-refractivity contribution in [2.45, 2.75) is 18.9 Å². The molecule has 2 saturated heterocycles. The summed E-state index contributed by atoms with van der Waals surface area (Å²) in [6.07, 6.45) is 2.17. The summed E-state index contributed by atoms with van der Waals surface area (Å²) in [5.41, 5.74) is 0.271. The van der Waals surface area contributed by atoms with Crippen molar-refractivity contribution in [3.63, 3.8) is 0 Å². The lowest BCUT2D eigenvalue weighted by molar-refractivity contribution is -0.140. The minimum atomic E-state index is -0.925. The van der Waals surface area contributed by atoms with Crippen molar-refractivity contribution in [2.24, 2.45) is 0 Å². The van der Waals surface area contributed by atoms with Gasteiger partial charge in [0.15, 0.2) is 0 Å². The van der Waals surface area contributed by atoms with Gasteiger partial charge in [-0.2, -0.15) is 0 Å². The van der Waals surface area contributed by atoms with Crippen LogP contribution in [0.1, 0.15) is 30.0 Å². The molecule has 1 unspecified atom stereocenters. The monoisotopic (exact) mass is 442 g/mol. The van der Waals surface area contributed by atoms with E-state index in [0.29, 0.717) is 12.1 Å². The molecule has 2 aromatic carbocycles. The highest BCUT2D eigenvalue weighted by Gasteiger charge is 2.46. The molecule has 0 radical (unpaired) electrons. The Labute approximate surface area is 184 Å². The minimum absolute atomic E-state index is 0.0304. The molecule has 0 aromatic heterocycles.